The normalized spacial score (nSPS) is 11.0. The fourth-order valence-corrected chi connectivity index (χ4v) is 1.83. The number of imidazole rings is 1. The molecule has 2 N–H and O–H groups in total. The van der Waals surface area contributed by atoms with Crippen molar-refractivity contribution in [2.24, 2.45) is 0 Å². The second kappa shape index (κ2) is 3.45. The zero-order valence-electron chi connectivity index (χ0n) is 8.06. The summed E-state index contributed by atoms with van der Waals surface area (Å²) in [4.78, 5) is 12.6. The molecule has 5 nitrogen and oxygen atoms in total. The van der Waals surface area contributed by atoms with Gasteiger partial charge in [-0.1, -0.05) is 0 Å². The van der Waals surface area contributed by atoms with Crippen LogP contribution in [-0.2, 0) is 6.54 Å². The van der Waals surface area contributed by atoms with Gasteiger partial charge in [-0.05, 0) is 13.2 Å². The van der Waals surface area contributed by atoms with Crippen molar-refractivity contribution in [1.29, 1.82) is 0 Å². The van der Waals surface area contributed by atoms with Gasteiger partial charge in [0.1, 0.15) is 10.5 Å². The summed E-state index contributed by atoms with van der Waals surface area (Å²) in [6, 6.07) is 0. The molecule has 6 heteroatoms. The molecule has 0 bridgehead atoms. The highest BCUT2D eigenvalue weighted by molar-refractivity contribution is 7.98. The van der Waals surface area contributed by atoms with Crippen LogP contribution in [-0.4, -0.2) is 25.8 Å². The SMILES string of the molecule is CCn1cnc2c(SC)nc(N)nc21. The molecule has 74 valence electrons. The van der Waals surface area contributed by atoms with Gasteiger partial charge in [-0.15, -0.1) is 11.8 Å². The van der Waals surface area contributed by atoms with E-state index in [1.165, 1.54) is 11.8 Å². The number of aryl methyl sites for hydroxylation is 1. The first-order chi connectivity index (χ1) is 6.76. The van der Waals surface area contributed by atoms with Crippen molar-refractivity contribution in [3.63, 3.8) is 0 Å². The van der Waals surface area contributed by atoms with E-state index >= 15 is 0 Å². The third kappa shape index (κ3) is 1.31. The predicted molar refractivity (Wildman–Crippen MR) is 57.2 cm³/mol. The van der Waals surface area contributed by atoms with Gasteiger partial charge in [-0.2, -0.15) is 4.98 Å². The first-order valence-corrected chi connectivity index (χ1v) is 5.51. The number of aromatic nitrogens is 4. The lowest BCUT2D eigenvalue weighted by Gasteiger charge is -2.01. The lowest BCUT2D eigenvalue weighted by atomic mass is 10.5. The van der Waals surface area contributed by atoms with Crippen LogP contribution in [0.2, 0.25) is 0 Å². The first-order valence-electron chi connectivity index (χ1n) is 4.28. The number of fused-ring (bicyclic) bond motifs is 1. The van der Waals surface area contributed by atoms with Crippen LogP contribution in [0.3, 0.4) is 0 Å². The van der Waals surface area contributed by atoms with E-state index in [0.29, 0.717) is 5.95 Å². The lowest BCUT2D eigenvalue weighted by molar-refractivity contribution is 0.777. The van der Waals surface area contributed by atoms with Crippen LogP contribution in [0.1, 0.15) is 6.92 Å². The van der Waals surface area contributed by atoms with E-state index in [1.807, 2.05) is 17.7 Å². The van der Waals surface area contributed by atoms with Gasteiger partial charge in [-0.3, -0.25) is 0 Å². The van der Waals surface area contributed by atoms with Crippen molar-refractivity contribution in [3.8, 4) is 0 Å². The Hall–Kier alpha value is -1.30. The molecule has 2 aromatic rings. The Kier molecular flexibility index (Phi) is 2.28. The molecule has 0 fully saturated rings. The molecule has 0 aliphatic rings. The van der Waals surface area contributed by atoms with E-state index < -0.39 is 0 Å². The van der Waals surface area contributed by atoms with Crippen LogP contribution in [0.25, 0.3) is 11.2 Å². The fraction of sp³-hybridized carbons (Fsp3) is 0.375. The fourth-order valence-electron chi connectivity index (χ4n) is 1.31. The Morgan fingerprint density at radius 1 is 1.50 bits per heavy atom. The molecule has 0 aliphatic carbocycles. The van der Waals surface area contributed by atoms with Gasteiger partial charge in [0.05, 0.1) is 6.33 Å². The summed E-state index contributed by atoms with van der Waals surface area (Å²) in [7, 11) is 0. The minimum atomic E-state index is 0.303. The van der Waals surface area contributed by atoms with E-state index in [2.05, 4.69) is 15.0 Å². The zero-order valence-corrected chi connectivity index (χ0v) is 8.88. The van der Waals surface area contributed by atoms with Gasteiger partial charge in [0.2, 0.25) is 5.95 Å². The van der Waals surface area contributed by atoms with Gasteiger partial charge < -0.3 is 10.3 Å². The molecule has 0 aromatic carbocycles. The highest BCUT2D eigenvalue weighted by Gasteiger charge is 2.10. The summed E-state index contributed by atoms with van der Waals surface area (Å²) >= 11 is 1.53. The maximum Gasteiger partial charge on any atom is 0.223 e. The van der Waals surface area contributed by atoms with E-state index in [1.54, 1.807) is 6.33 Å². The van der Waals surface area contributed by atoms with Crippen molar-refractivity contribution in [2.45, 2.75) is 18.5 Å². The first kappa shape index (κ1) is 9.26. The highest BCUT2D eigenvalue weighted by atomic mass is 32.2. The van der Waals surface area contributed by atoms with Crippen LogP contribution in [0, 0.1) is 0 Å². The van der Waals surface area contributed by atoms with Crippen molar-refractivity contribution in [1.82, 2.24) is 19.5 Å². The number of hydrogen-bond donors (Lipinski definition) is 1. The van der Waals surface area contributed by atoms with E-state index in [0.717, 1.165) is 22.7 Å². The second-order valence-corrected chi connectivity index (χ2v) is 3.59. The summed E-state index contributed by atoms with van der Waals surface area (Å²) in [5, 5.41) is 0.833. The van der Waals surface area contributed by atoms with Gasteiger partial charge in [0, 0.05) is 6.54 Å². The Labute approximate surface area is 85.7 Å². The van der Waals surface area contributed by atoms with Crippen LogP contribution in [0.15, 0.2) is 11.4 Å². The predicted octanol–water partition coefficient (Wildman–Crippen LogP) is 1.15. The molecule has 2 rings (SSSR count). The third-order valence-corrected chi connectivity index (χ3v) is 2.65. The average Bonchev–Trinajstić information content (AvgIpc) is 2.59. The maximum absolute atomic E-state index is 5.61. The molecular weight excluding hydrogens is 198 g/mol. The molecule has 2 aromatic heterocycles. The van der Waals surface area contributed by atoms with Gasteiger partial charge in [0.25, 0.3) is 0 Å². The Morgan fingerprint density at radius 3 is 2.93 bits per heavy atom. The van der Waals surface area contributed by atoms with E-state index in [9.17, 15) is 0 Å². The summed E-state index contributed by atoms with van der Waals surface area (Å²) in [5.41, 5.74) is 7.24. The zero-order chi connectivity index (χ0) is 10.1. The number of thioether (sulfide) groups is 1. The minimum absolute atomic E-state index is 0.303. The quantitative estimate of drug-likeness (QED) is 0.593. The molecule has 0 amide bonds. The number of nitrogens with two attached hydrogens (primary N) is 1. The standard InChI is InChI=1S/C8H11N5S/c1-3-13-4-10-5-6(13)11-8(9)12-7(5)14-2/h4H,3H2,1-2H3,(H2,9,11,12). The summed E-state index contributed by atoms with van der Waals surface area (Å²) in [5.74, 6) is 0.303. The number of nitrogen functional groups attached to an aromatic ring is 1. The number of rotatable bonds is 2. The molecule has 0 spiro atoms. The van der Waals surface area contributed by atoms with Gasteiger partial charge in [0.15, 0.2) is 5.65 Å². The minimum Gasteiger partial charge on any atom is -0.368 e. The largest absolute Gasteiger partial charge is 0.368 e. The van der Waals surface area contributed by atoms with Crippen molar-refractivity contribution < 1.29 is 0 Å². The maximum atomic E-state index is 5.61. The van der Waals surface area contributed by atoms with Crippen molar-refractivity contribution in [2.75, 3.05) is 12.0 Å². The van der Waals surface area contributed by atoms with Crippen LogP contribution >= 0.6 is 11.8 Å². The average molecular weight is 209 g/mol. The van der Waals surface area contributed by atoms with E-state index in [-0.39, 0.29) is 0 Å². The molecule has 0 atom stereocenters. The topological polar surface area (TPSA) is 69.6 Å². The number of nitrogens with zero attached hydrogens (tertiary/aromatic N) is 4. The summed E-state index contributed by atoms with van der Waals surface area (Å²) < 4.78 is 1.95. The van der Waals surface area contributed by atoms with Gasteiger partial charge in [-0.25, -0.2) is 9.97 Å². The highest BCUT2D eigenvalue weighted by Crippen LogP contribution is 2.22. The second-order valence-electron chi connectivity index (χ2n) is 2.79. The van der Waals surface area contributed by atoms with Gasteiger partial charge >= 0.3 is 0 Å². The molecule has 0 saturated heterocycles. The molecular formula is C8H11N5S. The lowest BCUT2D eigenvalue weighted by Crippen LogP contribution is -2.00. The summed E-state index contributed by atoms with van der Waals surface area (Å²) in [6.45, 7) is 2.87. The third-order valence-electron chi connectivity index (χ3n) is 1.98. The van der Waals surface area contributed by atoms with Crippen LogP contribution in [0.5, 0.6) is 0 Å². The molecule has 0 unspecified atom stereocenters. The summed E-state index contributed by atoms with van der Waals surface area (Å²) in [6.07, 6.45) is 3.71. The van der Waals surface area contributed by atoms with E-state index in [4.69, 9.17) is 5.73 Å². The molecule has 0 radical (unpaired) electrons. The monoisotopic (exact) mass is 209 g/mol. The van der Waals surface area contributed by atoms with Crippen LogP contribution < -0.4 is 5.73 Å². The Morgan fingerprint density at radius 2 is 2.29 bits per heavy atom. The smallest absolute Gasteiger partial charge is 0.223 e. The number of hydrogen-bond acceptors (Lipinski definition) is 5. The van der Waals surface area contributed by atoms with Crippen LogP contribution in [0.4, 0.5) is 5.95 Å². The molecule has 2 heterocycles. The van der Waals surface area contributed by atoms with Crippen molar-refractivity contribution in [3.05, 3.63) is 6.33 Å². The molecule has 14 heavy (non-hydrogen) atoms. The van der Waals surface area contributed by atoms with Crippen molar-refractivity contribution >= 4 is 28.9 Å². The number of anilines is 1. The Bertz CT molecular complexity index is 464. The Balaban J connectivity index is 2.76. The molecule has 0 aliphatic heterocycles. The molecule has 0 saturated carbocycles.